The van der Waals surface area contributed by atoms with E-state index in [1.54, 1.807) is 11.3 Å². The van der Waals surface area contributed by atoms with Gasteiger partial charge in [-0.05, 0) is 52.9 Å². The summed E-state index contributed by atoms with van der Waals surface area (Å²) in [5, 5.41) is 4.21. The van der Waals surface area contributed by atoms with Crippen molar-refractivity contribution >= 4 is 29.0 Å². The number of thiophene rings is 1. The van der Waals surface area contributed by atoms with Crippen LogP contribution in [0.25, 0.3) is 11.1 Å². The molecule has 3 nitrogen and oxygen atoms in total. The van der Waals surface area contributed by atoms with Gasteiger partial charge in [0.2, 0.25) is 0 Å². The molecule has 0 saturated carbocycles. The summed E-state index contributed by atoms with van der Waals surface area (Å²) in [5.41, 5.74) is 3.14. The van der Waals surface area contributed by atoms with E-state index in [9.17, 15) is 4.79 Å². The van der Waals surface area contributed by atoms with E-state index >= 15 is 0 Å². The van der Waals surface area contributed by atoms with Crippen molar-refractivity contribution in [2.24, 2.45) is 0 Å². The van der Waals surface area contributed by atoms with E-state index in [4.69, 9.17) is 0 Å². The van der Waals surface area contributed by atoms with E-state index in [-0.39, 0.29) is 5.91 Å². The highest BCUT2D eigenvalue weighted by Gasteiger charge is 2.28. The van der Waals surface area contributed by atoms with Gasteiger partial charge in [-0.25, -0.2) is 0 Å². The molecular formula is C20H24N2OS2. The summed E-state index contributed by atoms with van der Waals surface area (Å²) in [6, 6.07) is 10.8. The Bertz CT molecular complexity index is 702. The zero-order valence-corrected chi connectivity index (χ0v) is 16.0. The lowest BCUT2D eigenvalue weighted by Crippen LogP contribution is -2.49. The second kappa shape index (κ2) is 7.94. The Kier molecular flexibility index (Phi) is 5.44. The topological polar surface area (TPSA) is 23.6 Å². The van der Waals surface area contributed by atoms with Crippen LogP contribution in [-0.2, 0) is 0 Å². The number of nitrogens with zero attached hydrogens (tertiary/aromatic N) is 2. The van der Waals surface area contributed by atoms with E-state index in [1.807, 2.05) is 23.1 Å². The van der Waals surface area contributed by atoms with Crippen molar-refractivity contribution in [1.82, 2.24) is 9.80 Å². The highest BCUT2D eigenvalue weighted by molar-refractivity contribution is 7.99. The largest absolute Gasteiger partial charge is 0.339 e. The monoisotopic (exact) mass is 372 g/mol. The van der Waals surface area contributed by atoms with E-state index < -0.39 is 0 Å². The van der Waals surface area contributed by atoms with Gasteiger partial charge in [0.15, 0.2) is 0 Å². The number of hydrogen-bond donors (Lipinski definition) is 0. The lowest BCUT2D eigenvalue weighted by Gasteiger charge is -2.40. The van der Waals surface area contributed by atoms with Crippen LogP contribution in [0.15, 0.2) is 41.1 Å². The third kappa shape index (κ3) is 3.94. The van der Waals surface area contributed by atoms with Gasteiger partial charge in [0, 0.05) is 49.3 Å². The first-order valence-electron chi connectivity index (χ1n) is 9.05. The lowest BCUT2D eigenvalue weighted by molar-refractivity contribution is 0.0631. The van der Waals surface area contributed by atoms with E-state index in [1.165, 1.54) is 30.2 Å². The number of amides is 1. The summed E-state index contributed by atoms with van der Waals surface area (Å²) in [7, 11) is 0. The molecule has 1 aromatic carbocycles. The molecule has 132 valence electrons. The number of carbonyl (C=O) groups excluding carboxylic acids is 1. The number of carbonyl (C=O) groups is 1. The molecule has 0 bridgehead atoms. The minimum absolute atomic E-state index is 0.185. The van der Waals surface area contributed by atoms with Crippen molar-refractivity contribution in [3.8, 4) is 11.1 Å². The number of rotatable bonds is 3. The van der Waals surface area contributed by atoms with Crippen molar-refractivity contribution < 1.29 is 4.79 Å². The maximum Gasteiger partial charge on any atom is 0.253 e. The first-order chi connectivity index (χ1) is 12.3. The minimum Gasteiger partial charge on any atom is -0.339 e. The van der Waals surface area contributed by atoms with Crippen molar-refractivity contribution in [3.05, 3.63) is 46.7 Å². The van der Waals surface area contributed by atoms with Crippen LogP contribution in [0.3, 0.4) is 0 Å². The Morgan fingerprint density at radius 3 is 2.52 bits per heavy atom. The highest BCUT2D eigenvalue weighted by atomic mass is 32.2. The molecule has 0 aliphatic carbocycles. The van der Waals surface area contributed by atoms with E-state index in [2.05, 4.69) is 39.6 Å². The predicted octanol–water partition coefficient (Wildman–Crippen LogP) is 4.07. The predicted molar refractivity (Wildman–Crippen MR) is 108 cm³/mol. The molecule has 5 heteroatoms. The molecule has 1 aromatic heterocycles. The molecule has 0 radical (unpaired) electrons. The fraction of sp³-hybridized carbons (Fsp3) is 0.450. The summed E-state index contributed by atoms with van der Waals surface area (Å²) in [6.45, 7) is 4.20. The molecule has 2 aromatic rings. The third-order valence-corrected chi connectivity index (χ3v) is 6.90. The van der Waals surface area contributed by atoms with Gasteiger partial charge in [0.05, 0.1) is 0 Å². The van der Waals surface area contributed by atoms with Gasteiger partial charge < -0.3 is 4.90 Å². The zero-order chi connectivity index (χ0) is 17.1. The number of hydrogen-bond acceptors (Lipinski definition) is 4. The second-order valence-corrected chi connectivity index (χ2v) is 8.77. The summed E-state index contributed by atoms with van der Waals surface area (Å²) >= 11 is 3.75. The Morgan fingerprint density at radius 2 is 1.80 bits per heavy atom. The van der Waals surface area contributed by atoms with E-state index in [0.29, 0.717) is 6.04 Å². The normalized spacial score (nSPS) is 19.9. The van der Waals surface area contributed by atoms with Gasteiger partial charge in [-0.3, -0.25) is 9.69 Å². The maximum atomic E-state index is 12.9. The van der Waals surface area contributed by atoms with Crippen LogP contribution in [0.4, 0.5) is 0 Å². The zero-order valence-electron chi connectivity index (χ0n) is 14.4. The molecule has 0 unspecified atom stereocenters. The number of piperidine rings is 1. The van der Waals surface area contributed by atoms with Gasteiger partial charge in [0.25, 0.3) is 5.91 Å². The summed E-state index contributed by atoms with van der Waals surface area (Å²) in [6.07, 6.45) is 2.22. The molecule has 25 heavy (non-hydrogen) atoms. The van der Waals surface area contributed by atoms with Gasteiger partial charge >= 0.3 is 0 Å². The van der Waals surface area contributed by atoms with Crippen LogP contribution in [-0.4, -0.2) is 59.4 Å². The van der Waals surface area contributed by atoms with Gasteiger partial charge in [0.1, 0.15) is 0 Å². The van der Waals surface area contributed by atoms with Crippen LogP contribution in [0.2, 0.25) is 0 Å². The average molecular weight is 373 g/mol. The molecule has 4 rings (SSSR count). The van der Waals surface area contributed by atoms with Crippen LogP contribution in [0.1, 0.15) is 23.2 Å². The molecule has 2 fully saturated rings. The fourth-order valence-electron chi connectivity index (χ4n) is 3.82. The smallest absolute Gasteiger partial charge is 0.253 e. The quantitative estimate of drug-likeness (QED) is 0.811. The summed E-state index contributed by atoms with van der Waals surface area (Å²) < 4.78 is 0. The van der Waals surface area contributed by atoms with Gasteiger partial charge in [-0.1, -0.05) is 12.1 Å². The van der Waals surface area contributed by atoms with Crippen molar-refractivity contribution in [2.45, 2.75) is 18.9 Å². The molecule has 0 atom stereocenters. The Morgan fingerprint density at radius 1 is 1.00 bits per heavy atom. The second-order valence-electron chi connectivity index (χ2n) is 6.76. The standard InChI is InChI=1S/C20H24N2OS2/c23-20(17-3-1-2-16(14-17)18-6-11-25-15-18)22-7-4-19(5-8-22)21-9-12-24-13-10-21/h1-3,6,11,14-15,19H,4-5,7-10,12-13H2. The highest BCUT2D eigenvalue weighted by Crippen LogP contribution is 2.25. The molecular weight excluding hydrogens is 348 g/mol. The number of benzene rings is 1. The minimum atomic E-state index is 0.185. The number of likely N-dealkylation sites (tertiary alicyclic amines) is 1. The Hall–Kier alpha value is -1.30. The molecule has 2 aliphatic rings. The molecule has 2 saturated heterocycles. The first-order valence-corrected chi connectivity index (χ1v) is 11.1. The van der Waals surface area contributed by atoms with Crippen molar-refractivity contribution in [2.75, 3.05) is 37.7 Å². The van der Waals surface area contributed by atoms with Crippen molar-refractivity contribution in [1.29, 1.82) is 0 Å². The average Bonchev–Trinajstić information content (AvgIpc) is 3.23. The lowest BCUT2D eigenvalue weighted by atomic mass is 10.0. The molecule has 2 aliphatic heterocycles. The third-order valence-electron chi connectivity index (χ3n) is 5.28. The Labute approximate surface area is 158 Å². The molecule has 3 heterocycles. The van der Waals surface area contributed by atoms with Crippen LogP contribution in [0, 0.1) is 0 Å². The maximum absolute atomic E-state index is 12.9. The summed E-state index contributed by atoms with van der Waals surface area (Å²) in [4.78, 5) is 17.6. The molecule has 0 spiro atoms. The summed E-state index contributed by atoms with van der Waals surface area (Å²) in [5.74, 6) is 2.70. The molecule has 0 N–H and O–H groups in total. The van der Waals surface area contributed by atoms with Crippen LogP contribution < -0.4 is 0 Å². The van der Waals surface area contributed by atoms with Gasteiger partial charge in [-0.15, -0.1) is 0 Å². The van der Waals surface area contributed by atoms with Crippen molar-refractivity contribution in [3.63, 3.8) is 0 Å². The number of thioether (sulfide) groups is 1. The first kappa shape index (κ1) is 17.1. The van der Waals surface area contributed by atoms with Crippen LogP contribution in [0.5, 0.6) is 0 Å². The SMILES string of the molecule is O=C(c1cccc(-c2ccsc2)c1)N1CCC(N2CCSCC2)CC1. The van der Waals surface area contributed by atoms with Crippen LogP contribution >= 0.6 is 23.1 Å². The molecule has 1 amide bonds. The van der Waals surface area contributed by atoms with Gasteiger partial charge in [-0.2, -0.15) is 23.1 Å². The van der Waals surface area contributed by atoms with E-state index in [0.717, 1.165) is 37.1 Å². The Balaban J connectivity index is 1.40. The fourth-order valence-corrected chi connectivity index (χ4v) is 5.42.